The molecule has 8 nitrogen and oxygen atoms in total. The summed E-state index contributed by atoms with van der Waals surface area (Å²) in [5.41, 5.74) is 3.70. The van der Waals surface area contributed by atoms with Gasteiger partial charge in [0.2, 0.25) is 0 Å². The van der Waals surface area contributed by atoms with E-state index in [1.165, 1.54) is 30.5 Å². The molecule has 0 saturated carbocycles. The molecule has 0 heterocycles. The van der Waals surface area contributed by atoms with Crippen LogP contribution in [-0.2, 0) is 0 Å². The molecule has 0 fully saturated rings. The number of hydrogen-bond acceptors (Lipinski definition) is 6. The lowest BCUT2D eigenvalue weighted by Gasteiger charge is -2.04. The van der Waals surface area contributed by atoms with Gasteiger partial charge in [-0.2, -0.15) is 5.10 Å². The van der Waals surface area contributed by atoms with E-state index in [1.807, 2.05) is 6.07 Å². The Morgan fingerprint density at radius 1 is 0.897 bits per heavy atom. The number of esters is 1. The maximum atomic E-state index is 12.1. The van der Waals surface area contributed by atoms with E-state index in [-0.39, 0.29) is 17.2 Å². The highest BCUT2D eigenvalue weighted by Gasteiger charge is 2.11. The van der Waals surface area contributed by atoms with E-state index >= 15 is 0 Å². The van der Waals surface area contributed by atoms with Gasteiger partial charge in [0.15, 0.2) is 0 Å². The van der Waals surface area contributed by atoms with Crippen molar-refractivity contribution in [3.8, 4) is 5.75 Å². The summed E-state index contributed by atoms with van der Waals surface area (Å²) in [7, 11) is 0. The first-order valence-electron chi connectivity index (χ1n) is 8.48. The van der Waals surface area contributed by atoms with E-state index in [2.05, 4.69) is 10.5 Å². The molecule has 1 amide bonds. The third-order valence-corrected chi connectivity index (χ3v) is 3.82. The molecule has 0 spiro atoms. The molecule has 0 aliphatic carbocycles. The molecule has 144 valence electrons. The number of carbonyl (C=O) groups is 2. The fourth-order valence-electron chi connectivity index (χ4n) is 2.33. The molecule has 0 aliphatic rings. The molecule has 3 aromatic carbocycles. The zero-order valence-electron chi connectivity index (χ0n) is 15.0. The number of nitrogens with zero attached hydrogens (tertiary/aromatic N) is 2. The maximum absolute atomic E-state index is 12.1. The van der Waals surface area contributed by atoms with Crippen molar-refractivity contribution in [1.29, 1.82) is 0 Å². The minimum Gasteiger partial charge on any atom is -0.423 e. The topological polar surface area (TPSA) is 111 Å². The number of nitrogens with one attached hydrogen (secondary N) is 1. The van der Waals surface area contributed by atoms with Gasteiger partial charge in [-0.3, -0.25) is 14.9 Å². The van der Waals surface area contributed by atoms with Crippen LogP contribution < -0.4 is 10.2 Å². The first-order valence-corrected chi connectivity index (χ1v) is 8.48. The van der Waals surface area contributed by atoms with E-state index < -0.39 is 10.9 Å². The van der Waals surface area contributed by atoms with E-state index in [0.29, 0.717) is 16.9 Å². The van der Waals surface area contributed by atoms with E-state index in [9.17, 15) is 19.7 Å². The third-order valence-electron chi connectivity index (χ3n) is 3.82. The molecule has 0 atom stereocenters. The number of benzene rings is 3. The number of ether oxygens (including phenoxy) is 1. The van der Waals surface area contributed by atoms with Crippen LogP contribution in [0.4, 0.5) is 5.69 Å². The molecule has 0 radical (unpaired) electrons. The summed E-state index contributed by atoms with van der Waals surface area (Å²) in [4.78, 5) is 34.1. The van der Waals surface area contributed by atoms with Crippen LogP contribution in [0.3, 0.4) is 0 Å². The van der Waals surface area contributed by atoms with Crippen molar-refractivity contribution in [2.24, 2.45) is 5.10 Å². The zero-order chi connectivity index (χ0) is 20.6. The molecule has 0 saturated heterocycles. The lowest BCUT2D eigenvalue weighted by molar-refractivity contribution is -0.384. The predicted octanol–water partition coefficient (Wildman–Crippen LogP) is 3.58. The van der Waals surface area contributed by atoms with Crippen LogP contribution in [0.15, 0.2) is 84.0 Å². The summed E-state index contributed by atoms with van der Waals surface area (Å²) in [6.07, 6.45) is 1.46. The summed E-state index contributed by atoms with van der Waals surface area (Å²) in [5.74, 6) is -0.647. The van der Waals surface area contributed by atoms with Crippen LogP contribution in [0.25, 0.3) is 0 Å². The molecule has 3 rings (SSSR count). The number of non-ortho nitro benzene ring substituents is 1. The predicted molar refractivity (Wildman–Crippen MR) is 106 cm³/mol. The lowest BCUT2D eigenvalue weighted by atomic mass is 10.2. The first kappa shape index (κ1) is 19.4. The minimum atomic E-state index is -0.628. The van der Waals surface area contributed by atoms with Gasteiger partial charge < -0.3 is 4.74 Å². The number of hydrazone groups is 1. The van der Waals surface area contributed by atoms with Gasteiger partial charge >= 0.3 is 5.97 Å². The second-order valence-electron chi connectivity index (χ2n) is 5.83. The Morgan fingerprint density at radius 3 is 2.17 bits per heavy atom. The third kappa shape index (κ3) is 5.33. The van der Waals surface area contributed by atoms with Crippen molar-refractivity contribution in [1.82, 2.24) is 5.43 Å². The Kier molecular flexibility index (Phi) is 6.06. The van der Waals surface area contributed by atoms with Gasteiger partial charge in [0.05, 0.1) is 16.7 Å². The van der Waals surface area contributed by atoms with Crippen molar-refractivity contribution in [3.63, 3.8) is 0 Å². The Bertz CT molecular complexity index is 1050. The Balaban J connectivity index is 1.56. The van der Waals surface area contributed by atoms with Gasteiger partial charge in [0.1, 0.15) is 5.75 Å². The van der Waals surface area contributed by atoms with Crippen LogP contribution >= 0.6 is 0 Å². The number of nitro benzene ring substituents is 1. The number of nitro groups is 1. The Hall–Kier alpha value is -4.33. The molecule has 3 aromatic rings. The molecule has 0 aromatic heterocycles. The highest BCUT2D eigenvalue weighted by molar-refractivity contribution is 5.95. The number of amides is 1. The second kappa shape index (κ2) is 9.05. The van der Waals surface area contributed by atoms with Crippen molar-refractivity contribution >= 4 is 23.8 Å². The normalized spacial score (nSPS) is 10.5. The van der Waals surface area contributed by atoms with Crippen LogP contribution in [0, 0.1) is 10.1 Å². The fourth-order valence-corrected chi connectivity index (χ4v) is 2.33. The van der Waals surface area contributed by atoms with E-state index in [4.69, 9.17) is 4.74 Å². The van der Waals surface area contributed by atoms with E-state index in [1.54, 1.807) is 48.5 Å². The fraction of sp³-hybridized carbons (Fsp3) is 0. The molecule has 1 N–H and O–H groups in total. The van der Waals surface area contributed by atoms with Crippen molar-refractivity contribution in [2.75, 3.05) is 0 Å². The molecule has 29 heavy (non-hydrogen) atoms. The average molecular weight is 389 g/mol. The lowest BCUT2D eigenvalue weighted by Crippen LogP contribution is -2.17. The van der Waals surface area contributed by atoms with Crippen LogP contribution in [0.5, 0.6) is 5.75 Å². The summed E-state index contributed by atoms with van der Waals surface area (Å²) in [5, 5.41) is 14.5. The molecule has 8 heteroatoms. The van der Waals surface area contributed by atoms with Gasteiger partial charge in [-0.05, 0) is 54.1 Å². The number of hydrogen-bond donors (Lipinski definition) is 1. The number of carbonyl (C=O) groups excluding carboxylic acids is 2. The van der Waals surface area contributed by atoms with Crippen LogP contribution in [0.1, 0.15) is 26.3 Å². The molecule has 0 bridgehead atoms. The first-order chi connectivity index (χ1) is 14.0. The standard InChI is InChI=1S/C21H15N3O5/c25-20(16-4-2-1-3-5-16)23-22-14-15-6-12-19(13-7-15)29-21(26)17-8-10-18(11-9-17)24(27)28/h1-14H,(H,23,25). The molecular formula is C21H15N3O5. The highest BCUT2D eigenvalue weighted by Crippen LogP contribution is 2.16. The van der Waals surface area contributed by atoms with Gasteiger partial charge in [-0.1, -0.05) is 18.2 Å². The van der Waals surface area contributed by atoms with Crippen LogP contribution in [0.2, 0.25) is 0 Å². The quantitative estimate of drug-likeness (QED) is 0.228. The monoisotopic (exact) mass is 389 g/mol. The second-order valence-corrected chi connectivity index (χ2v) is 5.83. The largest absolute Gasteiger partial charge is 0.423 e. The summed E-state index contributed by atoms with van der Waals surface area (Å²) >= 11 is 0. The minimum absolute atomic E-state index is 0.107. The van der Waals surface area contributed by atoms with Gasteiger partial charge in [0.25, 0.3) is 11.6 Å². The Labute approximate surface area is 165 Å². The highest BCUT2D eigenvalue weighted by atomic mass is 16.6. The average Bonchev–Trinajstić information content (AvgIpc) is 2.75. The summed E-state index contributed by atoms with van der Waals surface area (Å²) in [6.45, 7) is 0. The SMILES string of the molecule is O=C(NN=Cc1ccc(OC(=O)c2ccc([N+](=O)[O-])cc2)cc1)c1ccccc1. The summed E-state index contributed by atoms with van der Waals surface area (Å²) in [6, 6.07) is 20.3. The molecule has 0 aliphatic heterocycles. The zero-order valence-corrected chi connectivity index (χ0v) is 15.0. The Morgan fingerprint density at radius 2 is 1.55 bits per heavy atom. The van der Waals surface area contributed by atoms with Gasteiger partial charge in [-0.25, -0.2) is 10.2 Å². The van der Waals surface area contributed by atoms with E-state index in [0.717, 1.165) is 0 Å². The van der Waals surface area contributed by atoms with Crippen molar-refractivity contribution in [3.05, 3.63) is 106 Å². The molecule has 0 unspecified atom stereocenters. The van der Waals surface area contributed by atoms with Crippen LogP contribution in [-0.4, -0.2) is 23.0 Å². The smallest absolute Gasteiger partial charge is 0.343 e. The number of rotatable bonds is 6. The van der Waals surface area contributed by atoms with Gasteiger partial charge in [0, 0.05) is 17.7 Å². The maximum Gasteiger partial charge on any atom is 0.343 e. The van der Waals surface area contributed by atoms with Crippen molar-refractivity contribution < 1.29 is 19.2 Å². The van der Waals surface area contributed by atoms with Crippen molar-refractivity contribution in [2.45, 2.75) is 0 Å². The molecular weight excluding hydrogens is 374 g/mol. The summed E-state index contributed by atoms with van der Waals surface area (Å²) < 4.78 is 5.23. The van der Waals surface area contributed by atoms with Gasteiger partial charge in [-0.15, -0.1) is 0 Å².